The van der Waals surface area contributed by atoms with Gasteiger partial charge in [-0.15, -0.1) is 24.0 Å². The Morgan fingerprint density at radius 2 is 2.50 bits per heavy atom. The van der Waals surface area contributed by atoms with Crippen molar-refractivity contribution in [3.63, 3.8) is 0 Å². The van der Waals surface area contributed by atoms with E-state index in [1.807, 2.05) is 6.92 Å². The number of aromatic amines is 1. The molecular weight excluding hydrogens is 171 g/mol. The van der Waals surface area contributed by atoms with E-state index in [1.165, 1.54) is 0 Å². The zero-order chi connectivity index (χ0) is 6.69. The highest BCUT2D eigenvalue weighted by Crippen LogP contribution is 2.00. The van der Waals surface area contributed by atoms with Crippen molar-refractivity contribution in [2.24, 2.45) is 0 Å². The van der Waals surface area contributed by atoms with Crippen LogP contribution in [0.1, 0.15) is 12.7 Å². The third-order valence-electron chi connectivity index (χ3n) is 1.03. The second-order valence-electron chi connectivity index (χ2n) is 2.02. The highest BCUT2D eigenvalue weighted by atomic mass is 35.5. The minimum absolute atomic E-state index is 0. The monoisotopic (exact) mass is 180 g/mol. The van der Waals surface area contributed by atoms with Crippen molar-refractivity contribution in [3.05, 3.63) is 18.2 Å². The summed E-state index contributed by atoms with van der Waals surface area (Å²) < 4.78 is 0. The van der Waals surface area contributed by atoms with Gasteiger partial charge in [-0.05, 0) is 6.92 Å². The summed E-state index contributed by atoms with van der Waals surface area (Å²) in [5, 5.41) is 0.163. The van der Waals surface area contributed by atoms with Gasteiger partial charge in [0.2, 0.25) is 0 Å². The third kappa shape index (κ3) is 3.08. The Balaban J connectivity index is 0.000000810. The fraction of sp³-hybridized carbons (Fsp3) is 0.500. The van der Waals surface area contributed by atoms with Gasteiger partial charge in [0.1, 0.15) is 5.82 Å². The lowest BCUT2D eigenvalue weighted by molar-refractivity contribution is 0.864. The number of alkyl halides is 1. The van der Waals surface area contributed by atoms with Crippen LogP contribution in [0.4, 0.5) is 0 Å². The van der Waals surface area contributed by atoms with Gasteiger partial charge in [0.15, 0.2) is 0 Å². The zero-order valence-corrected chi connectivity index (χ0v) is 7.25. The number of hydrogen-bond donors (Lipinski definition) is 1. The summed E-state index contributed by atoms with van der Waals surface area (Å²) in [6.07, 6.45) is 4.34. The molecule has 2 nitrogen and oxygen atoms in total. The summed E-state index contributed by atoms with van der Waals surface area (Å²) in [6, 6.07) is 0. The van der Waals surface area contributed by atoms with Crippen LogP contribution in [0.3, 0.4) is 0 Å². The number of aromatic nitrogens is 2. The molecule has 0 aliphatic rings. The SMILES string of the molecule is CC(Cl)Cc1ncc[nH]1.Cl. The maximum absolute atomic E-state index is 5.71. The van der Waals surface area contributed by atoms with Crippen molar-refractivity contribution in [3.8, 4) is 0 Å². The molecule has 1 heterocycles. The van der Waals surface area contributed by atoms with Gasteiger partial charge >= 0.3 is 0 Å². The Kier molecular flexibility index (Phi) is 4.49. The van der Waals surface area contributed by atoms with E-state index in [4.69, 9.17) is 11.6 Å². The van der Waals surface area contributed by atoms with Gasteiger partial charge in [-0.2, -0.15) is 0 Å². The zero-order valence-electron chi connectivity index (χ0n) is 5.67. The van der Waals surface area contributed by atoms with Crippen LogP contribution in [-0.4, -0.2) is 15.3 Å². The van der Waals surface area contributed by atoms with E-state index in [-0.39, 0.29) is 17.8 Å². The maximum atomic E-state index is 5.71. The van der Waals surface area contributed by atoms with Crippen molar-refractivity contribution >= 4 is 24.0 Å². The number of halogens is 2. The summed E-state index contributed by atoms with van der Waals surface area (Å²) in [6.45, 7) is 1.95. The maximum Gasteiger partial charge on any atom is 0.107 e. The van der Waals surface area contributed by atoms with Crippen LogP contribution >= 0.6 is 24.0 Å². The first-order chi connectivity index (χ1) is 4.29. The van der Waals surface area contributed by atoms with Crippen LogP contribution in [0.25, 0.3) is 0 Å². The van der Waals surface area contributed by atoms with Crippen molar-refractivity contribution in [1.29, 1.82) is 0 Å². The standard InChI is InChI=1S/C6H9ClN2.ClH/c1-5(7)4-6-8-2-3-9-6;/h2-3,5H,4H2,1H3,(H,8,9);1H. The molecule has 1 aromatic heterocycles. The van der Waals surface area contributed by atoms with Gasteiger partial charge in [-0.25, -0.2) is 4.98 Å². The van der Waals surface area contributed by atoms with Crippen molar-refractivity contribution < 1.29 is 0 Å². The quantitative estimate of drug-likeness (QED) is 0.694. The van der Waals surface area contributed by atoms with Gasteiger partial charge in [-0.3, -0.25) is 0 Å². The second kappa shape index (κ2) is 4.58. The number of nitrogens with zero attached hydrogens (tertiary/aromatic N) is 1. The average Bonchev–Trinajstić information content (AvgIpc) is 2.15. The molecule has 1 N–H and O–H groups in total. The molecule has 0 saturated heterocycles. The fourth-order valence-corrected chi connectivity index (χ4v) is 0.822. The van der Waals surface area contributed by atoms with Crippen LogP contribution < -0.4 is 0 Å². The van der Waals surface area contributed by atoms with Crippen molar-refractivity contribution in [2.75, 3.05) is 0 Å². The molecule has 0 saturated carbocycles. The lowest BCUT2D eigenvalue weighted by Crippen LogP contribution is -1.98. The molecular formula is C6H10Cl2N2. The number of rotatable bonds is 2. The van der Waals surface area contributed by atoms with Gasteiger partial charge in [0, 0.05) is 24.2 Å². The Bertz CT molecular complexity index is 160. The molecule has 0 spiro atoms. The van der Waals surface area contributed by atoms with E-state index in [2.05, 4.69) is 9.97 Å². The average molecular weight is 181 g/mol. The summed E-state index contributed by atoms with van der Waals surface area (Å²) >= 11 is 5.71. The molecule has 0 amide bonds. The Morgan fingerprint density at radius 3 is 2.90 bits per heavy atom. The van der Waals surface area contributed by atoms with Gasteiger partial charge in [0.25, 0.3) is 0 Å². The summed E-state index contributed by atoms with van der Waals surface area (Å²) in [5.41, 5.74) is 0. The van der Waals surface area contributed by atoms with Gasteiger partial charge in [-0.1, -0.05) is 0 Å². The third-order valence-corrected chi connectivity index (χ3v) is 1.18. The second-order valence-corrected chi connectivity index (χ2v) is 2.77. The van der Waals surface area contributed by atoms with E-state index in [9.17, 15) is 0 Å². The predicted molar refractivity (Wildman–Crippen MR) is 44.9 cm³/mol. The molecule has 1 aromatic rings. The van der Waals surface area contributed by atoms with Gasteiger partial charge in [0.05, 0.1) is 0 Å². The van der Waals surface area contributed by atoms with E-state index in [0.29, 0.717) is 0 Å². The minimum atomic E-state index is 0. The van der Waals surface area contributed by atoms with Crippen LogP contribution in [-0.2, 0) is 6.42 Å². The van der Waals surface area contributed by atoms with Crippen LogP contribution in [0.2, 0.25) is 0 Å². The van der Waals surface area contributed by atoms with E-state index < -0.39 is 0 Å². The van der Waals surface area contributed by atoms with Gasteiger partial charge < -0.3 is 4.98 Å². The van der Waals surface area contributed by atoms with Crippen molar-refractivity contribution in [2.45, 2.75) is 18.7 Å². The Hall–Kier alpha value is -0.210. The topological polar surface area (TPSA) is 28.7 Å². The normalized spacial score (nSPS) is 12.2. The predicted octanol–water partition coefficient (Wildman–Crippen LogP) is 2.00. The van der Waals surface area contributed by atoms with E-state index in [0.717, 1.165) is 12.2 Å². The number of nitrogens with one attached hydrogen (secondary N) is 1. The minimum Gasteiger partial charge on any atom is -0.349 e. The molecule has 1 unspecified atom stereocenters. The fourth-order valence-electron chi connectivity index (χ4n) is 0.676. The number of H-pyrrole nitrogens is 1. The largest absolute Gasteiger partial charge is 0.349 e. The van der Waals surface area contributed by atoms with Crippen molar-refractivity contribution in [1.82, 2.24) is 9.97 Å². The van der Waals surface area contributed by atoms with E-state index in [1.54, 1.807) is 12.4 Å². The summed E-state index contributed by atoms with van der Waals surface area (Å²) in [7, 11) is 0. The molecule has 1 atom stereocenters. The molecule has 4 heteroatoms. The number of hydrogen-bond acceptors (Lipinski definition) is 1. The molecule has 1 rings (SSSR count). The first kappa shape index (κ1) is 9.79. The Labute approximate surface area is 71.4 Å². The molecule has 0 fully saturated rings. The lowest BCUT2D eigenvalue weighted by atomic mass is 10.3. The molecule has 10 heavy (non-hydrogen) atoms. The van der Waals surface area contributed by atoms with E-state index >= 15 is 0 Å². The number of imidazole rings is 1. The Morgan fingerprint density at radius 1 is 1.80 bits per heavy atom. The summed E-state index contributed by atoms with van der Waals surface area (Å²) in [5.74, 6) is 0.956. The molecule has 0 bridgehead atoms. The molecule has 0 radical (unpaired) electrons. The highest BCUT2D eigenvalue weighted by molar-refractivity contribution is 6.20. The first-order valence-electron chi connectivity index (χ1n) is 2.91. The molecule has 0 aliphatic carbocycles. The highest BCUT2D eigenvalue weighted by Gasteiger charge is 1.98. The van der Waals surface area contributed by atoms with Crippen LogP contribution in [0.5, 0.6) is 0 Å². The first-order valence-corrected chi connectivity index (χ1v) is 3.35. The van der Waals surface area contributed by atoms with Crippen LogP contribution in [0, 0.1) is 0 Å². The van der Waals surface area contributed by atoms with Crippen LogP contribution in [0.15, 0.2) is 12.4 Å². The lowest BCUT2D eigenvalue weighted by Gasteiger charge is -1.95. The molecule has 0 aliphatic heterocycles. The smallest absolute Gasteiger partial charge is 0.107 e. The molecule has 58 valence electrons. The summed E-state index contributed by atoms with van der Waals surface area (Å²) in [4.78, 5) is 6.99. The molecule has 0 aromatic carbocycles.